The number of esters is 1. The molecule has 2 N–H and O–H groups in total. The molecule has 2 rings (SSSR count). The van der Waals surface area contributed by atoms with E-state index < -0.39 is 0 Å². The van der Waals surface area contributed by atoms with E-state index >= 15 is 0 Å². The summed E-state index contributed by atoms with van der Waals surface area (Å²) in [4.78, 5) is 30.4. The Morgan fingerprint density at radius 2 is 2.03 bits per heavy atom. The van der Waals surface area contributed by atoms with E-state index in [2.05, 4.69) is 20.5 Å². The molecule has 7 nitrogen and oxygen atoms in total. The van der Waals surface area contributed by atoms with Crippen LogP contribution in [0.1, 0.15) is 32.6 Å². The first-order valence-corrected chi connectivity index (χ1v) is 10.1. The highest BCUT2D eigenvalue weighted by atomic mass is 127. The number of likely N-dealkylation sites (tertiary alicyclic amines) is 1. The summed E-state index contributed by atoms with van der Waals surface area (Å²) in [5.74, 6) is 0.463. The molecule has 0 spiro atoms. The summed E-state index contributed by atoms with van der Waals surface area (Å²) in [5.41, 5.74) is 0.733. The number of ether oxygens (including phenoxy) is 1. The summed E-state index contributed by atoms with van der Waals surface area (Å²) >= 11 is 5.84. The van der Waals surface area contributed by atoms with Gasteiger partial charge < -0.3 is 20.3 Å². The van der Waals surface area contributed by atoms with Crippen molar-refractivity contribution < 1.29 is 14.3 Å². The standard InChI is InChI=1S/C20H29ClN4O3.HI/c1-3-28-19(27)15-6-5-13-25(14-15)20(22-2)23-12-4-7-18(26)24-17-10-8-16(21)9-11-17;/h8-11,15H,3-7,12-14H2,1-2H3,(H,22,23)(H,24,26);1H. The molecule has 1 aliphatic rings. The van der Waals surface area contributed by atoms with Crippen LogP contribution in [0.4, 0.5) is 5.69 Å². The van der Waals surface area contributed by atoms with Gasteiger partial charge in [0, 0.05) is 43.8 Å². The van der Waals surface area contributed by atoms with Gasteiger partial charge in [0.05, 0.1) is 12.5 Å². The van der Waals surface area contributed by atoms with Crippen molar-refractivity contribution in [3.63, 3.8) is 0 Å². The van der Waals surface area contributed by atoms with Gasteiger partial charge in [-0.1, -0.05) is 11.6 Å². The molecule has 0 bridgehead atoms. The number of carbonyl (C=O) groups is 2. The van der Waals surface area contributed by atoms with E-state index in [0.717, 1.165) is 31.0 Å². The third kappa shape index (κ3) is 8.77. The minimum atomic E-state index is -0.137. The molecule has 1 unspecified atom stereocenters. The van der Waals surface area contributed by atoms with Crippen molar-refractivity contribution in [3.8, 4) is 0 Å². The second-order valence-electron chi connectivity index (χ2n) is 6.67. The molecule has 0 saturated carbocycles. The Kier molecular flexibility index (Phi) is 12.0. The maximum Gasteiger partial charge on any atom is 0.310 e. The number of aliphatic imine (C=N–C) groups is 1. The highest BCUT2D eigenvalue weighted by Crippen LogP contribution is 2.18. The lowest BCUT2D eigenvalue weighted by molar-refractivity contribution is -0.149. The molecule has 1 fully saturated rings. The van der Waals surface area contributed by atoms with Crippen LogP contribution in [0, 0.1) is 5.92 Å². The first kappa shape index (κ1) is 25.5. The molecule has 1 heterocycles. The lowest BCUT2D eigenvalue weighted by Crippen LogP contribution is -2.48. The van der Waals surface area contributed by atoms with Crippen LogP contribution in [0.15, 0.2) is 29.3 Å². The van der Waals surface area contributed by atoms with Crippen LogP contribution in [0.2, 0.25) is 5.02 Å². The summed E-state index contributed by atoms with van der Waals surface area (Å²) in [6, 6.07) is 7.03. The number of amides is 1. The monoisotopic (exact) mass is 536 g/mol. The minimum Gasteiger partial charge on any atom is -0.466 e. The molecule has 29 heavy (non-hydrogen) atoms. The van der Waals surface area contributed by atoms with E-state index in [1.807, 2.05) is 6.92 Å². The Morgan fingerprint density at radius 1 is 1.31 bits per heavy atom. The summed E-state index contributed by atoms with van der Waals surface area (Å²) in [5, 5.41) is 6.77. The fourth-order valence-corrected chi connectivity index (χ4v) is 3.29. The predicted octanol–water partition coefficient (Wildman–Crippen LogP) is 3.53. The van der Waals surface area contributed by atoms with Crippen molar-refractivity contribution in [1.82, 2.24) is 10.2 Å². The predicted molar refractivity (Wildman–Crippen MR) is 127 cm³/mol. The molecule has 162 valence electrons. The third-order valence-corrected chi connectivity index (χ3v) is 4.80. The van der Waals surface area contributed by atoms with Crippen molar-refractivity contribution in [1.29, 1.82) is 0 Å². The number of piperidine rings is 1. The molecule has 1 saturated heterocycles. The van der Waals surface area contributed by atoms with Crippen LogP contribution < -0.4 is 10.6 Å². The molecule has 1 amide bonds. The second-order valence-corrected chi connectivity index (χ2v) is 7.11. The van der Waals surface area contributed by atoms with Crippen LogP contribution in [-0.2, 0) is 14.3 Å². The Morgan fingerprint density at radius 3 is 2.69 bits per heavy atom. The fraction of sp³-hybridized carbons (Fsp3) is 0.550. The average Bonchev–Trinajstić information content (AvgIpc) is 2.70. The van der Waals surface area contributed by atoms with E-state index in [1.54, 1.807) is 31.3 Å². The number of anilines is 1. The largest absolute Gasteiger partial charge is 0.466 e. The van der Waals surface area contributed by atoms with Gasteiger partial charge >= 0.3 is 5.97 Å². The molecular weight excluding hydrogens is 507 g/mol. The van der Waals surface area contributed by atoms with Gasteiger partial charge in [-0.15, -0.1) is 24.0 Å². The number of halogens is 2. The third-order valence-electron chi connectivity index (χ3n) is 4.54. The molecule has 1 atom stereocenters. The number of guanidine groups is 1. The van der Waals surface area contributed by atoms with Gasteiger partial charge in [-0.3, -0.25) is 14.6 Å². The second kappa shape index (κ2) is 13.6. The molecular formula is C20H30ClIN4O3. The Labute approximate surface area is 194 Å². The van der Waals surface area contributed by atoms with Crippen molar-refractivity contribution >= 4 is 59.1 Å². The van der Waals surface area contributed by atoms with Crippen molar-refractivity contribution in [3.05, 3.63) is 29.3 Å². The normalized spacial score (nSPS) is 16.6. The SMILES string of the molecule is CCOC(=O)C1CCCN(C(=NC)NCCCC(=O)Nc2ccc(Cl)cc2)C1.I. The van der Waals surface area contributed by atoms with E-state index in [0.29, 0.717) is 37.6 Å². The summed E-state index contributed by atoms with van der Waals surface area (Å²) < 4.78 is 5.15. The summed E-state index contributed by atoms with van der Waals surface area (Å²) in [6.45, 7) is 4.31. The lowest BCUT2D eigenvalue weighted by Gasteiger charge is -2.33. The van der Waals surface area contributed by atoms with Gasteiger partial charge in [-0.05, 0) is 50.5 Å². The van der Waals surface area contributed by atoms with E-state index in [9.17, 15) is 9.59 Å². The van der Waals surface area contributed by atoms with Gasteiger partial charge in [-0.25, -0.2) is 0 Å². The molecule has 0 radical (unpaired) electrons. The number of hydrogen-bond donors (Lipinski definition) is 2. The highest BCUT2D eigenvalue weighted by molar-refractivity contribution is 14.0. The fourth-order valence-electron chi connectivity index (χ4n) is 3.16. The van der Waals surface area contributed by atoms with Crippen LogP contribution in [-0.4, -0.2) is 56.0 Å². The number of nitrogens with one attached hydrogen (secondary N) is 2. The molecule has 0 aromatic heterocycles. The van der Waals surface area contributed by atoms with Crippen LogP contribution in [0.25, 0.3) is 0 Å². The zero-order valence-corrected chi connectivity index (χ0v) is 20.0. The quantitative estimate of drug-likeness (QED) is 0.183. The van der Waals surface area contributed by atoms with Crippen molar-refractivity contribution in [2.24, 2.45) is 10.9 Å². The smallest absolute Gasteiger partial charge is 0.310 e. The summed E-state index contributed by atoms with van der Waals surface area (Å²) in [7, 11) is 1.73. The molecule has 1 aromatic rings. The molecule has 9 heteroatoms. The number of nitrogens with zero attached hydrogens (tertiary/aromatic N) is 2. The molecule has 1 aliphatic heterocycles. The van der Waals surface area contributed by atoms with Crippen molar-refractivity contribution in [2.45, 2.75) is 32.6 Å². The summed E-state index contributed by atoms with van der Waals surface area (Å²) in [6.07, 6.45) is 2.84. The molecule has 0 aliphatic carbocycles. The van der Waals surface area contributed by atoms with Gasteiger partial charge in [0.2, 0.25) is 5.91 Å². The maximum atomic E-state index is 12.0. The van der Waals surface area contributed by atoms with Crippen LogP contribution in [0.3, 0.4) is 0 Å². The lowest BCUT2D eigenvalue weighted by atomic mass is 9.98. The van der Waals surface area contributed by atoms with Crippen LogP contribution >= 0.6 is 35.6 Å². The highest BCUT2D eigenvalue weighted by Gasteiger charge is 2.28. The zero-order valence-electron chi connectivity index (χ0n) is 16.9. The Balaban J connectivity index is 0.00000420. The van der Waals surface area contributed by atoms with Crippen LogP contribution in [0.5, 0.6) is 0 Å². The maximum absolute atomic E-state index is 12.0. The Hall–Kier alpha value is -1.55. The zero-order chi connectivity index (χ0) is 20.4. The number of hydrogen-bond acceptors (Lipinski definition) is 4. The first-order valence-electron chi connectivity index (χ1n) is 9.71. The first-order chi connectivity index (χ1) is 13.5. The van der Waals surface area contributed by atoms with Crippen molar-refractivity contribution in [2.75, 3.05) is 38.6 Å². The molecule has 1 aromatic carbocycles. The number of carbonyl (C=O) groups excluding carboxylic acids is 2. The topological polar surface area (TPSA) is 83.0 Å². The van der Waals surface area contributed by atoms with E-state index in [-0.39, 0.29) is 41.8 Å². The minimum absolute atomic E-state index is 0. The van der Waals surface area contributed by atoms with Gasteiger partial charge in [0.25, 0.3) is 0 Å². The number of benzene rings is 1. The van der Waals surface area contributed by atoms with Gasteiger partial charge in [0.1, 0.15) is 0 Å². The Bertz CT molecular complexity index is 685. The van der Waals surface area contributed by atoms with E-state index in [1.165, 1.54) is 0 Å². The van der Waals surface area contributed by atoms with Gasteiger partial charge in [-0.2, -0.15) is 0 Å². The average molecular weight is 537 g/mol. The van der Waals surface area contributed by atoms with E-state index in [4.69, 9.17) is 16.3 Å². The van der Waals surface area contributed by atoms with Gasteiger partial charge in [0.15, 0.2) is 5.96 Å². The number of rotatable bonds is 7.